The standard InChI is InChI=1S/C11H13NO2/c12-10-6-8(11(13)14)5-7-3-1-2-4-9(7)10/h1-4,8,10H,5-6,12H2,(H,13,14)/t8-,10-/m1/s1. The van der Waals surface area contributed by atoms with Crippen LogP contribution in [0.25, 0.3) is 0 Å². The second-order valence-electron chi connectivity index (χ2n) is 3.78. The fourth-order valence-corrected chi connectivity index (χ4v) is 2.05. The van der Waals surface area contributed by atoms with E-state index in [-0.39, 0.29) is 12.0 Å². The second-order valence-corrected chi connectivity index (χ2v) is 3.78. The number of aliphatic carboxylic acids is 1. The van der Waals surface area contributed by atoms with Crippen molar-refractivity contribution in [2.24, 2.45) is 11.7 Å². The average molecular weight is 191 g/mol. The van der Waals surface area contributed by atoms with Crippen molar-refractivity contribution in [1.29, 1.82) is 0 Å². The number of hydrogen-bond acceptors (Lipinski definition) is 2. The zero-order valence-corrected chi connectivity index (χ0v) is 7.81. The molecule has 0 amide bonds. The van der Waals surface area contributed by atoms with E-state index in [9.17, 15) is 4.79 Å². The summed E-state index contributed by atoms with van der Waals surface area (Å²) in [6, 6.07) is 7.69. The highest BCUT2D eigenvalue weighted by Gasteiger charge is 2.28. The quantitative estimate of drug-likeness (QED) is 0.704. The van der Waals surface area contributed by atoms with Crippen LogP contribution in [0.1, 0.15) is 23.6 Å². The topological polar surface area (TPSA) is 63.3 Å². The maximum atomic E-state index is 10.9. The Morgan fingerprint density at radius 3 is 2.86 bits per heavy atom. The Morgan fingerprint density at radius 2 is 2.14 bits per heavy atom. The van der Waals surface area contributed by atoms with Crippen molar-refractivity contribution in [3.63, 3.8) is 0 Å². The first-order chi connectivity index (χ1) is 6.68. The Hall–Kier alpha value is -1.35. The Kier molecular flexibility index (Phi) is 2.25. The molecule has 1 aliphatic carbocycles. The van der Waals surface area contributed by atoms with Gasteiger partial charge in [-0.25, -0.2) is 0 Å². The first-order valence-corrected chi connectivity index (χ1v) is 4.74. The van der Waals surface area contributed by atoms with Crippen molar-refractivity contribution in [3.8, 4) is 0 Å². The summed E-state index contributed by atoms with van der Waals surface area (Å²) < 4.78 is 0. The SMILES string of the molecule is N[C@@H]1C[C@H](C(=O)O)Cc2ccccc21. The Balaban J connectivity index is 2.33. The predicted molar refractivity (Wildman–Crippen MR) is 52.8 cm³/mol. The van der Waals surface area contributed by atoms with Crippen LogP contribution in [0, 0.1) is 5.92 Å². The van der Waals surface area contributed by atoms with Gasteiger partial charge < -0.3 is 10.8 Å². The van der Waals surface area contributed by atoms with Crippen molar-refractivity contribution in [2.75, 3.05) is 0 Å². The number of hydrogen-bond donors (Lipinski definition) is 2. The van der Waals surface area contributed by atoms with E-state index in [0.29, 0.717) is 12.8 Å². The Morgan fingerprint density at radius 1 is 1.43 bits per heavy atom. The average Bonchev–Trinajstić information content (AvgIpc) is 2.17. The van der Waals surface area contributed by atoms with Crippen LogP contribution >= 0.6 is 0 Å². The third-order valence-corrected chi connectivity index (χ3v) is 2.81. The molecule has 0 radical (unpaired) electrons. The van der Waals surface area contributed by atoms with Gasteiger partial charge in [0, 0.05) is 6.04 Å². The van der Waals surface area contributed by atoms with Crippen molar-refractivity contribution in [2.45, 2.75) is 18.9 Å². The highest BCUT2D eigenvalue weighted by atomic mass is 16.4. The van der Waals surface area contributed by atoms with Crippen molar-refractivity contribution >= 4 is 5.97 Å². The largest absolute Gasteiger partial charge is 0.481 e. The van der Waals surface area contributed by atoms with Gasteiger partial charge in [-0.05, 0) is 24.0 Å². The van der Waals surface area contributed by atoms with Gasteiger partial charge in [0.25, 0.3) is 0 Å². The minimum Gasteiger partial charge on any atom is -0.481 e. The van der Waals surface area contributed by atoms with Crippen LogP contribution in [0.3, 0.4) is 0 Å². The van der Waals surface area contributed by atoms with Crippen LogP contribution in [0.4, 0.5) is 0 Å². The number of carboxylic acids is 1. The van der Waals surface area contributed by atoms with E-state index in [4.69, 9.17) is 10.8 Å². The summed E-state index contributed by atoms with van der Waals surface area (Å²) in [7, 11) is 0. The number of carbonyl (C=O) groups is 1. The molecule has 0 heterocycles. The molecule has 0 bridgehead atoms. The zero-order chi connectivity index (χ0) is 10.1. The Labute approximate surface area is 82.5 Å². The summed E-state index contributed by atoms with van der Waals surface area (Å²) >= 11 is 0. The first kappa shape index (κ1) is 9.21. The molecule has 0 fully saturated rings. The fraction of sp³-hybridized carbons (Fsp3) is 0.364. The number of rotatable bonds is 1. The molecule has 3 heteroatoms. The summed E-state index contributed by atoms with van der Waals surface area (Å²) in [6.45, 7) is 0. The van der Waals surface area contributed by atoms with E-state index in [0.717, 1.165) is 11.1 Å². The molecule has 1 aliphatic rings. The molecule has 1 aromatic carbocycles. The molecule has 0 aromatic heterocycles. The summed E-state index contributed by atoms with van der Waals surface area (Å²) in [6.07, 6.45) is 1.16. The lowest BCUT2D eigenvalue weighted by atomic mass is 9.81. The van der Waals surface area contributed by atoms with Crippen LogP contribution in [0.2, 0.25) is 0 Å². The van der Waals surface area contributed by atoms with Crippen LogP contribution in [0.15, 0.2) is 24.3 Å². The van der Waals surface area contributed by atoms with Crippen LogP contribution in [-0.2, 0) is 11.2 Å². The van der Waals surface area contributed by atoms with Crippen molar-refractivity contribution < 1.29 is 9.90 Å². The van der Waals surface area contributed by atoms with Gasteiger partial charge in [0.15, 0.2) is 0 Å². The van der Waals surface area contributed by atoms with Gasteiger partial charge in [0.2, 0.25) is 0 Å². The first-order valence-electron chi connectivity index (χ1n) is 4.74. The zero-order valence-electron chi connectivity index (χ0n) is 7.81. The summed E-state index contributed by atoms with van der Waals surface area (Å²) in [5.41, 5.74) is 8.10. The van der Waals surface area contributed by atoms with Gasteiger partial charge in [-0.2, -0.15) is 0 Å². The monoisotopic (exact) mass is 191 g/mol. The molecular formula is C11H13NO2. The molecule has 0 saturated carbocycles. The molecule has 3 nitrogen and oxygen atoms in total. The third kappa shape index (κ3) is 1.51. The number of benzene rings is 1. The molecule has 2 atom stereocenters. The highest BCUT2D eigenvalue weighted by Crippen LogP contribution is 2.31. The van der Waals surface area contributed by atoms with Crippen molar-refractivity contribution in [1.82, 2.24) is 0 Å². The summed E-state index contributed by atoms with van der Waals surface area (Å²) in [5.74, 6) is -1.06. The number of nitrogens with two attached hydrogens (primary N) is 1. The fourth-order valence-electron chi connectivity index (χ4n) is 2.05. The maximum Gasteiger partial charge on any atom is 0.306 e. The molecule has 0 unspecified atom stereocenters. The molecule has 74 valence electrons. The van der Waals surface area contributed by atoms with Crippen molar-refractivity contribution in [3.05, 3.63) is 35.4 Å². The molecule has 0 saturated heterocycles. The van der Waals surface area contributed by atoms with E-state index < -0.39 is 5.97 Å². The third-order valence-electron chi connectivity index (χ3n) is 2.81. The molecule has 0 spiro atoms. The minimum absolute atomic E-state index is 0.124. The normalized spacial score (nSPS) is 25.5. The molecule has 14 heavy (non-hydrogen) atoms. The summed E-state index contributed by atoms with van der Waals surface area (Å²) in [4.78, 5) is 10.9. The van der Waals surface area contributed by atoms with E-state index >= 15 is 0 Å². The number of carboxylic acid groups (broad SMARTS) is 1. The summed E-state index contributed by atoms with van der Waals surface area (Å²) in [5, 5.41) is 8.93. The van der Waals surface area contributed by atoms with Gasteiger partial charge in [0.05, 0.1) is 5.92 Å². The molecule has 1 aromatic rings. The molecule has 3 N–H and O–H groups in total. The van der Waals surface area contributed by atoms with Crippen LogP contribution in [0.5, 0.6) is 0 Å². The Bertz CT molecular complexity index is 362. The van der Waals surface area contributed by atoms with Gasteiger partial charge >= 0.3 is 5.97 Å². The lowest BCUT2D eigenvalue weighted by molar-refractivity contribution is -0.142. The van der Waals surface area contributed by atoms with Gasteiger partial charge in [-0.1, -0.05) is 24.3 Å². The van der Waals surface area contributed by atoms with Gasteiger partial charge in [-0.15, -0.1) is 0 Å². The predicted octanol–water partition coefficient (Wildman–Crippen LogP) is 1.33. The van der Waals surface area contributed by atoms with E-state index in [1.54, 1.807) is 0 Å². The second kappa shape index (κ2) is 3.42. The molecule has 2 rings (SSSR count). The smallest absolute Gasteiger partial charge is 0.306 e. The van der Waals surface area contributed by atoms with E-state index in [1.165, 1.54) is 0 Å². The van der Waals surface area contributed by atoms with Crippen LogP contribution < -0.4 is 5.73 Å². The lowest BCUT2D eigenvalue weighted by Gasteiger charge is -2.26. The lowest BCUT2D eigenvalue weighted by Crippen LogP contribution is -2.28. The minimum atomic E-state index is -0.741. The van der Waals surface area contributed by atoms with E-state index in [2.05, 4.69) is 0 Å². The molecular weight excluding hydrogens is 178 g/mol. The number of fused-ring (bicyclic) bond motifs is 1. The van der Waals surface area contributed by atoms with E-state index in [1.807, 2.05) is 24.3 Å². The highest BCUT2D eigenvalue weighted by molar-refractivity contribution is 5.71. The van der Waals surface area contributed by atoms with Gasteiger partial charge in [0.1, 0.15) is 0 Å². The van der Waals surface area contributed by atoms with Crippen LogP contribution in [-0.4, -0.2) is 11.1 Å². The maximum absolute atomic E-state index is 10.9. The van der Waals surface area contributed by atoms with Gasteiger partial charge in [-0.3, -0.25) is 4.79 Å². The molecule has 0 aliphatic heterocycles.